The maximum Gasteiger partial charge on any atom is 0.224 e. The predicted octanol–water partition coefficient (Wildman–Crippen LogP) is 2.64. The normalized spacial score (nSPS) is 25.1. The van der Waals surface area contributed by atoms with Crippen molar-refractivity contribution in [3.8, 4) is 0 Å². The van der Waals surface area contributed by atoms with E-state index in [1.165, 1.54) is 5.56 Å². The van der Waals surface area contributed by atoms with E-state index in [-0.39, 0.29) is 17.9 Å². The van der Waals surface area contributed by atoms with Crippen molar-refractivity contribution < 1.29 is 4.79 Å². The van der Waals surface area contributed by atoms with Crippen LogP contribution >= 0.6 is 0 Å². The molecule has 2 unspecified atom stereocenters. The Labute approximate surface area is 121 Å². The van der Waals surface area contributed by atoms with Gasteiger partial charge in [-0.25, -0.2) is 0 Å². The minimum Gasteiger partial charge on any atom is -0.349 e. The summed E-state index contributed by atoms with van der Waals surface area (Å²) in [6.07, 6.45) is 4.35. The lowest BCUT2D eigenvalue weighted by Gasteiger charge is -2.24. The van der Waals surface area contributed by atoms with Crippen molar-refractivity contribution in [1.82, 2.24) is 10.6 Å². The molecule has 1 saturated carbocycles. The minimum atomic E-state index is 0.156. The molecular formula is C17H24N2O. The molecular weight excluding hydrogens is 248 g/mol. The second-order valence-electron chi connectivity index (χ2n) is 6.25. The first-order valence-electron chi connectivity index (χ1n) is 7.81. The number of carbonyl (C=O) groups excluding carboxylic acids is 1. The molecule has 1 aliphatic carbocycles. The topological polar surface area (TPSA) is 41.1 Å². The first kappa shape index (κ1) is 13.6. The van der Waals surface area contributed by atoms with Gasteiger partial charge < -0.3 is 10.6 Å². The molecule has 20 heavy (non-hydrogen) atoms. The van der Waals surface area contributed by atoms with Gasteiger partial charge >= 0.3 is 0 Å². The molecule has 2 atom stereocenters. The Morgan fingerprint density at radius 2 is 2.05 bits per heavy atom. The SMILES string of the molecule is CCC(NC(=O)C1CC12CCNCC2)c1ccccc1. The highest BCUT2D eigenvalue weighted by Crippen LogP contribution is 2.58. The van der Waals surface area contributed by atoms with Crippen LogP contribution in [0.1, 0.15) is 44.2 Å². The van der Waals surface area contributed by atoms with E-state index in [2.05, 4.69) is 29.7 Å². The molecule has 1 aromatic carbocycles. The van der Waals surface area contributed by atoms with Crippen LogP contribution in [-0.2, 0) is 4.79 Å². The Kier molecular flexibility index (Phi) is 3.79. The van der Waals surface area contributed by atoms with Gasteiger partial charge in [-0.3, -0.25) is 4.79 Å². The van der Waals surface area contributed by atoms with Gasteiger partial charge in [0.25, 0.3) is 0 Å². The molecule has 1 aromatic rings. The Balaban J connectivity index is 1.61. The van der Waals surface area contributed by atoms with Crippen molar-refractivity contribution in [2.75, 3.05) is 13.1 Å². The van der Waals surface area contributed by atoms with Gasteiger partial charge in [-0.05, 0) is 49.8 Å². The molecule has 1 saturated heterocycles. The zero-order valence-corrected chi connectivity index (χ0v) is 12.2. The lowest BCUT2D eigenvalue weighted by atomic mass is 9.91. The number of amides is 1. The Morgan fingerprint density at radius 1 is 1.35 bits per heavy atom. The van der Waals surface area contributed by atoms with Crippen molar-refractivity contribution in [1.29, 1.82) is 0 Å². The highest BCUT2D eigenvalue weighted by molar-refractivity contribution is 5.83. The lowest BCUT2D eigenvalue weighted by molar-refractivity contribution is -0.124. The second-order valence-corrected chi connectivity index (χ2v) is 6.25. The predicted molar refractivity (Wildman–Crippen MR) is 80.3 cm³/mol. The summed E-state index contributed by atoms with van der Waals surface area (Å²) in [4.78, 5) is 12.5. The van der Waals surface area contributed by atoms with Gasteiger partial charge in [0.15, 0.2) is 0 Å². The van der Waals surface area contributed by atoms with E-state index in [0.717, 1.165) is 38.8 Å². The first-order valence-corrected chi connectivity index (χ1v) is 7.81. The molecule has 0 aromatic heterocycles. The summed E-state index contributed by atoms with van der Waals surface area (Å²) in [5.74, 6) is 0.518. The van der Waals surface area contributed by atoms with Crippen molar-refractivity contribution >= 4 is 5.91 Å². The summed E-state index contributed by atoms with van der Waals surface area (Å²) < 4.78 is 0. The quantitative estimate of drug-likeness (QED) is 0.884. The maximum absolute atomic E-state index is 12.5. The highest BCUT2D eigenvalue weighted by Gasteiger charge is 2.57. The molecule has 1 amide bonds. The van der Waals surface area contributed by atoms with E-state index < -0.39 is 0 Å². The van der Waals surface area contributed by atoms with Crippen LogP contribution in [0.15, 0.2) is 30.3 Å². The molecule has 0 bridgehead atoms. The number of benzene rings is 1. The fraction of sp³-hybridized carbons (Fsp3) is 0.588. The number of hydrogen-bond donors (Lipinski definition) is 2. The maximum atomic E-state index is 12.5. The Morgan fingerprint density at radius 3 is 2.70 bits per heavy atom. The van der Waals surface area contributed by atoms with Gasteiger partial charge in [0, 0.05) is 5.92 Å². The second kappa shape index (κ2) is 5.57. The number of piperidine rings is 1. The van der Waals surface area contributed by atoms with E-state index in [1.807, 2.05) is 18.2 Å². The molecule has 2 fully saturated rings. The summed E-state index contributed by atoms with van der Waals surface area (Å²) in [6.45, 7) is 4.27. The number of carbonyl (C=O) groups is 1. The first-order chi connectivity index (χ1) is 9.75. The van der Waals surface area contributed by atoms with Gasteiger partial charge in [-0.15, -0.1) is 0 Å². The van der Waals surface area contributed by atoms with Gasteiger partial charge in [-0.2, -0.15) is 0 Å². The molecule has 1 heterocycles. The minimum absolute atomic E-state index is 0.156. The van der Waals surface area contributed by atoms with Crippen molar-refractivity contribution in [3.05, 3.63) is 35.9 Å². The molecule has 2 N–H and O–H groups in total. The van der Waals surface area contributed by atoms with Crippen LogP contribution in [0.2, 0.25) is 0 Å². The van der Waals surface area contributed by atoms with Gasteiger partial charge in [0.2, 0.25) is 5.91 Å². The molecule has 0 radical (unpaired) electrons. The van der Waals surface area contributed by atoms with Crippen LogP contribution in [0.5, 0.6) is 0 Å². The average Bonchev–Trinajstić information content (AvgIpc) is 3.19. The van der Waals surface area contributed by atoms with E-state index in [1.54, 1.807) is 0 Å². The molecule has 108 valence electrons. The van der Waals surface area contributed by atoms with Gasteiger partial charge in [-0.1, -0.05) is 37.3 Å². The number of nitrogens with one attached hydrogen (secondary N) is 2. The van der Waals surface area contributed by atoms with Crippen LogP contribution in [0, 0.1) is 11.3 Å². The smallest absolute Gasteiger partial charge is 0.224 e. The summed E-state index contributed by atoms with van der Waals surface area (Å²) in [5.41, 5.74) is 1.54. The van der Waals surface area contributed by atoms with Crippen LogP contribution in [0.25, 0.3) is 0 Å². The number of hydrogen-bond acceptors (Lipinski definition) is 2. The highest BCUT2D eigenvalue weighted by atomic mass is 16.2. The van der Waals surface area contributed by atoms with E-state index in [9.17, 15) is 4.79 Å². The van der Waals surface area contributed by atoms with Crippen molar-refractivity contribution in [2.24, 2.45) is 11.3 Å². The third-order valence-corrected chi connectivity index (χ3v) is 5.03. The third-order valence-electron chi connectivity index (χ3n) is 5.03. The largest absolute Gasteiger partial charge is 0.349 e. The molecule has 1 spiro atoms. The Bertz CT molecular complexity index is 465. The van der Waals surface area contributed by atoms with Crippen molar-refractivity contribution in [2.45, 2.75) is 38.6 Å². The van der Waals surface area contributed by atoms with Crippen LogP contribution < -0.4 is 10.6 Å². The molecule has 3 heteroatoms. The van der Waals surface area contributed by atoms with Crippen molar-refractivity contribution in [3.63, 3.8) is 0 Å². The zero-order valence-electron chi connectivity index (χ0n) is 12.2. The zero-order chi connectivity index (χ0) is 14.0. The molecule has 2 aliphatic rings. The summed E-state index contributed by atoms with van der Waals surface area (Å²) >= 11 is 0. The van der Waals surface area contributed by atoms with Crippen LogP contribution in [-0.4, -0.2) is 19.0 Å². The number of rotatable bonds is 4. The third kappa shape index (κ3) is 2.59. The van der Waals surface area contributed by atoms with Crippen LogP contribution in [0.3, 0.4) is 0 Å². The Hall–Kier alpha value is -1.35. The van der Waals surface area contributed by atoms with Gasteiger partial charge in [0.05, 0.1) is 6.04 Å². The fourth-order valence-corrected chi connectivity index (χ4v) is 3.57. The fourth-order valence-electron chi connectivity index (χ4n) is 3.57. The molecule has 1 aliphatic heterocycles. The summed E-state index contributed by atoms with van der Waals surface area (Å²) in [5, 5.41) is 6.64. The van der Waals surface area contributed by atoms with E-state index >= 15 is 0 Å². The van der Waals surface area contributed by atoms with Gasteiger partial charge in [0.1, 0.15) is 0 Å². The summed E-state index contributed by atoms with van der Waals surface area (Å²) in [7, 11) is 0. The molecule has 3 nitrogen and oxygen atoms in total. The van der Waals surface area contributed by atoms with E-state index in [0.29, 0.717) is 5.41 Å². The summed E-state index contributed by atoms with van der Waals surface area (Å²) in [6, 6.07) is 10.4. The van der Waals surface area contributed by atoms with Crippen LogP contribution in [0.4, 0.5) is 0 Å². The monoisotopic (exact) mass is 272 g/mol. The standard InChI is InChI=1S/C17H24N2O/c1-2-15(13-6-4-3-5-7-13)19-16(20)14-12-17(14)8-10-18-11-9-17/h3-7,14-15,18H,2,8-12H2,1H3,(H,19,20). The van der Waals surface area contributed by atoms with E-state index in [4.69, 9.17) is 0 Å². The lowest BCUT2D eigenvalue weighted by Crippen LogP contribution is -2.35. The average molecular weight is 272 g/mol. The molecule has 3 rings (SSSR count).